The highest BCUT2D eigenvalue weighted by Crippen LogP contribution is 2.40. The Labute approximate surface area is 99.6 Å². The van der Waals surface area contributed by atoms with Crippen molar-refractivity contribution in [3.05, 3.63) is 31.2 Å². The van der Waals surface area contributed by atoms with E-state index in [0.717, 1.165) is 0 Å². The summed E-state index contributed by atoms with van der Waals surface area (Å²) in [6.07, 6.45) is 0. The second-order valence-corrected chi connectivity index (χ2v) is 3.99. The number of nitrogens with zero attached hydrogens (tertiary/aromatic N) is 1. The van der Waals surface area contributed by atoms with Crippen LogP contribution in [0.15, 0.2) is 21.1 Å². The van der Waals surface area contributed by atoms with Crippen LogP contribution in [0.2, 0.25) is 0 Å². The highest BCUT2D eigenvalue weighted by atomic mass is 79.9. The maximum Gasteiger partial charge on any atom is 0.387 e. The van der Waals surface area contributed by atoms with Gasteiger partial charge in [-0.15, -0.1) is 0 Å². The number of rotatable bonds is 3. The first-order chi connectivity index (χ1) is 6.93. The second kappa shape index (κ2) is 4.84. The van der Waals surface area contributed by atoms with Crippen molar-refractivity contribution in [2.75, 3.05) is 0 Å². The summed E-state index contributed by atoms with van der Waals surface area (Å²) in [6.45, 7) is -3.04. The Morgan fingerprint density at radius 1 is 1.40 bits per heavy atom. The summed E-state index contributed by atoms with van der Waals surface area (Å²) in [6, 6.07) is 2.44. The van der Waals surface area contributed by atoms with Gasteiger partial charge in [-0.25, -0.2) is 0 Å². The van der Waals surface area contributed by atoms with E-state index in [0.29, 0.717) is 0 Å². The zero-order valence-corrected chi connectivity index (χ0v) is 10.1. The Balaban J connectivity index is 3.24. The molecule has 1 aromatic rings. The standard InChI is InChI=1S/C7H3Br2F2NO3/c8-3-1-2-4(12(13)14)5(9)6(3)15-7(10)11/h1-2,7H. The van der Waals surface area contributed by atoms with Crippen molar-refractivity contribution >= 4 is 37.5 Å². The topological polar surface area (TPSA) is 52.4 Å². The van der Waals surface area contributed by atoms with Crippen LogP contribution in [-0.2, 0) is 0 Å². The molecule has 15 heavy (non-hydrogen) atoms. The molecule has 1 rings (SSSR count). The molecule has 0 fully saturated rings. The van der Waals surface area contributed by atoms with Crippen LogP contribution in [0, 0.1) is 10.1 Å². The molecule has 0 radical (unpaired) electrons. The van der Waals surface area contributed by atoms with Gasteiger partial charge in [0.15, 0.2) is 5.75 Å². The van der Waals surface area contributed by atoms with Crippen molar-refractivity contribution in [2.24, 2.45) is 0 Å². The van der Waals surface area contributed by atoms with Gasteiger partial charge in [0.25, 0.3) is 5.69 Å². The fraction of sp³-hybridized carbons (Fsp3) is 0.143. The van der Waals surface area contributed by atoms with Gasteiger partial charge < -0.3 is 4.74 Å². The Morgan fingerprint density at radius 3 is 2.47 bits per heavy atom. The van der Waals surface area contributed by atoms with Crippen LogP contribution in [0.1, 0.15) is 0 Å². The van der Waals surface area contributed by atoms with E-state index in [1.165, 1.54) is 12.1 Å². The molecule has 0 aliphatic carbocycles. The van der Waals surface area contributed by atoms with Gasteiger partial charge in [-0.3, -0.25) is 10.1 Å². The van der Waals surface area contributed by atoms with E-state index < -0.39 is 11.5 Å². The fourth-order valence-electron chi connectivity index (χ4n) is 0.860. The van der Waals surface area contributed by atoms with Crippen molar-refractivity contribution in [3.63, 3.8) is 0 Å². The van der Waals surface area contributed by atoms with Gasteiger partial charge in [0.1, 0.15) is 4.47 Å². The molecule has 0 atom stereocenters. The molecule has 0 heterocycles. The molecule has 0 bridgehead atoms. The van der Waals surface area contributed by atoms with Crippen LogP contribution in [0.4, 0.5) is 14.5 Å². The summed E-state index contributed by atoms with van der Waals surface area (Å²) < 4.78 is 28.2. The minimum absolute atomic E-state index is 0.123. The van der Waals surface area contributed by atoms with Gasteiger partial charge in [0.05, 0.1) is 9.40 Å². The summed E-state index contributed by atoms with van der Waals surface area (Å²) in [5.74, 6) is -0.292. The number of hydrogen-bond acceptors (Lipinski definition) is 3. The minimum atomic E-state index is -3.04. The number of nitro groups is 1. The van der Waals surface area contributed by atoms with E-state index >= 15 is 0 Å². The van der Waals surface area contributed by atoms with Gasteiger partial charge in [-0.2, -0.15) is 8.78 Å². The molecule has 0 aromatic heterocycles. The Bertz CT molecular complexity index is 400. The van der Waals surface area contributed by atoms with Crippen LogP contribution in [-0.4, -0.2) is 11.5 Å². The average molecular weight is 347 g/mol. The number of ether oxygens (including phenoxy) is 1. The van der Waals surface area contributed by atoms with Gasteiger partial charge in [0, 0.05) is 6.07 Å². The predicted molar refractivity (Wildman–Crippen MR) is 55.1 cm³/mol. The highest BCUT2D eigenvalue weighted by Gasteiger charge is 2.21. The third kappa shape index (κ3) is 2.85. The van der Waals surface area contributed by atoms with E-state index in [9.17, 15) is 18.9 Å². The lowest BCUT2D eigenvalue weighted by molar-refractivity contribution is -0.385. The summed E-state index contributed by atoms with van der Waals surface area (Å²) in [5, 5.41) is 10.5. The lowest BCUT2D eigenvalue weighted by Gasteiger charge is -2.08. The molecule has 0 aliphatic rings. The Morgan fingerprint density at radius 2 is 2.00 bits per heavy atom. The summed E-state index contributed by atoms with van der Waals surface area (Å²) in [4.78, 5) is 9.79. The molecule has 0 saturated carbocycles. The smallest absolute Gasteiger partial charge is 0.387 e. The average Bonchev–Trinajstić information content (AvgIpc) is 2.11. The Kier molecular flexibility index (Phi) is 3.97. The van der Waals surface area contributed by atoms with Crippen molar-refractivity contribution in [2.45, 2.75) is 6.61 Å². The molecule has 8 heteroatoms. The van der Waals surface area contributed by atoms with Crippen molar-refractivity contribution < 1.29 is 18.4 Å². The third-order valence-electron chi connectivity index (χ3n) is 1.43. The van der Waals surface area contributed by atoms with Crippen LogP contribution in [0.25, 0.3) is 0 Å². The maximum absolute atomic E-state index is 12.0. The molecular formula is C7H3Br2F2NO3. The van der Waals surface area contributed by atoms with E-state index in [4.69, 9.17) is 0 Å². The number of halogens is 4. The molecule has 0 saturated heterocycles. The van der Waals surface area contributed by atoms with Gasteiger partial charge in [-0.05, 0) is 37.9 Å². The molecule has 82 valence electrons. The van der Waals surface area contributed by atoms with Crippen molar-refractivity contribution in [3.8, 4) is 5.75 Å². The largest absolute Gasteiger partial charge is 0.432 e. The second-order valence-electron chi connectivity index (χ2n) is 2.35. The normalized spacial score (nSPS) is 10.5. The number of hydrogen-bond donors (Lipinski definition) is 0. The molecular weight excluding hydrogens is 344 g/mol. The molecule has 0 spiro atoms. The lowest BCUT2D eigenvalue weighted by atomic mass is 10.3. The Hall–Kier alpha value is -0.760. The van der Waals surface area contributed by atoms with E-state index in [-0.39, 0.29) is 20.4 Å². The van der Waals surface area contributed by atoms with Crippen LogP contribution in [0.5, 0.6) is 5.75 Å². The minimum Gasteiger partial charge on any atom is -0.432 e. The van der Waals surface area contributed by atoms with Crippen molar-refractivity contribution in [1.82, 2.24) is 0 Å². The van der Waals surface area contributed by atoms with Gasteiger partial charge in [-0.1, -0.05) is 0 Å². The van der Waals surface area contributed by atoms with Crippen LogP contribution < -0.4 is 4.74 Å². The molecule has 4 nitrogen and oxygen atoms in total. The molecule has 0 aliphatic heterocycles. The van der Waals surface area contributed by atoms with Gasteiger partial charge >= 0.3 is 6.61 Å². The predicted octanol–water partition coefficient (Wildman–Crippen LogP) is 3.72. The maximum atomic E-state index is 12.0. The SMILES string of the molecule is O=[N+]([O-])c1ccc(Br)c(OC(F)F)c1Br. The fourth-order valence-corrected chi connectivity index (χ4v) is 2.13. The number of nitro benzene ring substituents is 1. The third-order valence-corrected chi connectivity index (χ3v) is 2.82. The zero-order valence-electron chi connectivity index (χ0n) is 6.92. The first-order valence-electron chi connectivity index (χ1n) is 3.50. The summed E-state index contributed by atoms with van der Waals surface area (Å²) in [5.41, 5.74) is -0.339. The molecule has 1 aromatic carbocycles. The van der Waals surface area contributed by atoms with Crippen LogP contribution >= 0.6 is 31.9 Å². The summed E-state index contributed by atoms with van der Waals surface area (Å²) >= 11 is 5.78. The first kappa shape index (κ1) is 12.3. The van der Waals surface area contributed by atoms with E-state index in [1.54, 1.807) is 0 Å². The number of benzene rings is 1. The number of alkyl halides is 2. The monoisotopic (exact) mass is 345 g/mol. The van der Waals surface area contributed by atoms with Gasteiger partial charge in [0.2, 0.25) is 0 Å². The lowest BCUT2D eigenvalue weighted by Crippen LogP contribution is -2.04. The quantitative estimate of drug-likeness (QED) is 0.619. The molecule has 0 unspecified atom stereocenters. The van der Waals surface area contributed by atoms with Crippen LogP contribution in [0.3, 0.4) is 0 Å². The highest BCUT2D eigenvalue weighted by molar-refractivity contribution is 9.11. The zero-order chi connectivity index (χ0) is 11.6. The van der Waals surface area contributed by atoms with E-state index in [1.807, 2.05) is 0 Å². The first-order valence-corrected chi connectivity index (χ1v) is 5.09. The summed E-state index contributed by atoms with van der Waals surface area (Å²) in [7, 11) is 0. The van der Waals surface area contributed by atoms with Crippen molar-refractivity contribution in [1.29, 1.82) is 0 Å². The van der Waals surface area contributed by atoms with E-state index in [2.05, 4.69) is 36.6 Å². The molecule has 0 N–H and O–H groups in total. The molecule has 0 amide bonds.